The minimum absolute atomic E-state index is 0.416. The molecule has 72 valence electrons. The van der Waals surface area contributed by atoms with Crippen LogP contribution < -0.4 is 0 Å². The van der Waals surface area contributed by atoms with E-state index < -0.39 is 6.16 Å². The summed E-state index contributed by atoms with van der Waals surface area (Å²) in [6, 6.07) is 0. The normalized spacial score (nSPS) is 14.3. The third-order valence-electron chi connectivity index (χ3n) is 1.01. The van der Waals surface area contributed by atoms with E-state index in [-0.39, 0.29) is 0 Å². The van der Waals surface area contributed by atoms with Crippen LogP contribution in [-0.4, -0.2) is 46.8 Å². The van der Waals surface area contributed by atoms with Gasteiger partial charge in [0.2, 0.25) is 0 Å². The van der Waals surface area contributed by atoms with Gasteiger partial charge in [-0.2, -0.15) is 0 Å². The van der Waals surface area contributed by atoms with Crippen LogP contribution in [0.15, 0.2) is 0 Å². The van der Waals surface area contributed by atoms with Gasteiger partial charge in [0, 0.05) is 14.2 Å². The smallest absolute Gasteiger partial charge is 0.431 e. The quantitative estimate of drug-likeness (QED) is 0.463. The van der Waals surface area contributed by atoms with Gasteiger partial charge in [-0.3, -0.25) is 0 Å². The lowest BCUT2D eigenvalue weighted by Gasteiger charge is -1.91. The van der Waals surface area contributed by atoms with Crippen molar-refractivity contribution in [1.29, 1.82) is 0 Å². The van der Waals surface area contributed by atoms with Crippen LogP contribution in [0, 0.1) is 0 Å². The van der Waals surface area contributed by atoms with Crippen LogP contribution in [0.5, 0.6) is 0 Å². The molecule has 0 aromatic carbocycles. The molecule has 1 saturated heterocycles. The zero-order valence-electron chi connectivity index (χ0n) is 7.37. The summed E-state index contributed by atoms with van der Waals surface area (Å²) in [4.78, 5) is 9.80. The average molecular weight is 178 g/mol. The van der Waals surface area contributed by atoms with Crippen molar-refractivity contribution >= 4 is 6.16 Å². The summed E-state index contributed by atoms with van der Waals surface area (Å²) in [6.07, 6.45) is -0.546. The second-order valence-electron chi connectivity index (χ2n) is 1.93. The SMILES string of the molecule is COCCOC.O=C1OCCO1. The maximum atomic E-state index is 9.80. The molecular formula is C7H14O5. The number of rotatable bonds is 3. The van der Waals surface area contributed by atoms with E-state index in [1.54, 1.807) is 14.2 Å². The molecule has 0 bridgehead atoms. The fraction of sp³-hybridized carbons (Fsp3) is 0.857. The van der Waals surface area contributed by atoms with Gasteiger partial charge in [0.25, 0.3) is 0 Å². The van der Waals surface area contributed by atoms with Gasteiger partial charge in [-0.05, 0) is 0 Å². The standard InChI is InChI=1S/C4H10O2.C3H4O3/c1-5-3-4-6-2;4-3-5-1-2-6-3/h3-4H2,1-2H3;1-2H2. The zero-order valence-corrected chi connectivity index (χ0v) is 7.37. The number of carbonyl (C=O) groups is 1. The Kier molecular flexibility index (Phi) is 7.73. The molecule has 0 aromatic rings. The Morgan fingerprint density at radius 1 is 1.17 bits per heavy atom. The summed E-state index contributed by atoms with van der Waals surface area (Å²) in [5.74, 6) is 0. The molecule has 1 rings (SSSR count). The van der Waals surface area contributed by atoms with Gasteiger partial charge >= 0.3 is 6.16 Å². The Balaban J connectivity index is 0.000000202. The molecule has 1 aliphatic heterocycles. The van der Waals surface area contributed by atoms with Crippen LogP contribution in [0.25, 0.3) is 0 Å². The van der Waals surface area contributed by atoms with Crippen LogP contribution >= 0.6 is 0 Å². The van der Waals surface area contributed by atoms with Crippen molar-refractivity contribution in [3.63, 3.8) is 0 Å². The van der Waals surface area contributed by atoms with Gasteiger partial charge in [-0.1, -0.05) is 0 Å². The van der Waals surface area contributed by atoms with Crippen molar-refractivity contribution in [3.8, 4) is 0 Å². The van der Waals surface area contributed by atoms with Gasteiger partial charge < -0.3 is 18.9 Å². The lowest BCUT2D eigenvalue weighted by atomic mass is 10.8. The summed E-state index contributed by atoms with van der Waals surface area (Å²) in [5, 5.41) is 0. The Hall–Kier alpha value is -0.810. The van der Waals surface area contributed by atoms with Crippen molar-refractivity contribution in [1.82, 2.24) is 0 Å². The Labute approximate surface area is 71.5 Å². The molecule has 5 heteroatoms. The number of hydrogen-bond donors (Lipinski definition) is 0. The largest absolute Gasteiger partial charge is 0.508 e. The van der Waals surface area contributed by atoms with Crippen molar-refractivity contribution < 1.29 is 23.7 Å². The summed E-state index contributed by atoms with van der Waals surface area (Å²) >= 11 is 0. The maximum absolute atomic E-state index is 9.80. The van der Waals surface area contributed by atoms with Crippen LogP contribution in [0.2, 0.25) is 0 Å². The Bertz CT molecular complexity index is 102. The Morgan fingerprint density at radius 3 is 1.75 bits per heavy atom. The highest BCUT2D eigenvalue weighted by molar-refractivity contribution is 5.61. The fourth-order valence-corrected chi connectivity index (χ4v) is 0.458. The van der Waals surface area contributed by atoms with E-state index in [4.69, 9.17) is 0 Å². The molecule has 0 amide bonds. The fourth-order valence-electron chi connectivity index (χ4n) is 0.458. The first kappa shape index (κ1) is 11.2. The van der Waals surface area contributed by atoms with Gasteiger partial charge in [-0.25, -0.2) is 4.79 Å². The van der Waals surface area contributed by atoms with E-state index in [0.29, 0.717) is 26.4 Å². The topological polar surface area (TPSA) is 54.0 Å². The molecule has 0 aliphatic carbocycles. The van der Waals surface area contributed by atoms with Crippen LogP contribution in [0.4, 0.5) is 4.79 Å². The number of ether oxygens (including phenoxy) is 4. The second-order valence-corrected chi connectivity index (χ2v) is 1.93. The second kappa shape index (κ2) is 8.29. The molecule has 12 heavy (non-hydrogen) atoms. The summed E-state index contributed by atoms with van der Waals surface area (Å²) in [6.45, 7) is 2.21. The molecule has 1 heterocycles. The van der Waals surface area contributed by atoms with E-state index in [2.05, 4.69) is 18.9 Å². The predicted octanol–water partition coefficient (Wildman–Crippen LogP) is 0.432. The monoisotopic (exact) mass is 178 g/mol. The molecule has 0 radical (unpaired) electrons. The summed E-state index contributed by atoms with van der Waals surface area (Å²) in [5.41, 5.74) is 0. The highest BCUT2D eigenvalue weighted by atomic mass is 16.8. The molecule has 1 fully saturated rings. The molecule has 1 aliphatic rings. The van der Waals surface area contributed by atoms with E-state index >= 15 is 0 Å². The van der Waals surface area contributed by atoms with Crippen molar-refractivity contribution in [3.05, 3.63) is 0 Å². The minimum atomic E-state index is -0.546. The number of carbonyl (C=O) groups excluding carboxylic acids is 1. The van der Waals surface area contributed by atoms with Gasteiger partial charge in [-0.15, -0.1) is 0 Å². The number of cyclic esters (lactones) is 2. The maximum Gasteiger partial charge on any atom is 0.508 e. The summed E-state index contributed by atoms with van der Waals surface area (Å²) in [7, 11) is 3.30. The molecule has 0 spiro atoms. The lowest BCUT2D eigenvalue weighted by molar-refractivity contribution is 0.103. The van der Waals surface area contributed by atoms with Crippen molar-refractivity contribution in [2.24, 2.45) is 0 Å². The van der Waals surface area contributed by atoms with Crippen LogP contribution in [0.1, 0.15) is 0 Å². The van der Waals surface area contributed by atoms with Gasteiger partial charge in [0.1, 0.15) is 13.2 Å². The summed E-state index contributed by atoms with van der Waals surface area (Å²) < 4.78 is 17.9. The predicted molar refractivity (Wildman–Crippen MR) is 41.1 cm³/mol. The van der Waals surface area contributed by atoms with Crippen LogP contribution in [0.3, 0.4) is 0 Å². The average Bonchev–Trinajstić information content (AvgIpc) is 2.53. The molecule has 0 atom stereocenters. The van der Waals surface area contributed by atoms with E-state index in [0.717, 1.165) is 0 Å². The molecule has 0 N–H and O–H groups in total. The molecule has 0 aromatic heterocycles. The third-order valence-corrected chi connectivity index (χ3v) is 1.01. The zero-order chi connectivity index (χ0) is 9.23. The minimum Gasteiger partial charge on any atom is -0.431 e. The lowest BCUT2D eigenvalue weighted by Crippen LogP contribution is -1.96. The molecular weight excluding hydrogens is 164 g/mol. The van der Waals surface area contributed by atoms with Gasteiger partial charge in [0.05, 0.1) is 13.2 Å². The Morgan fingerprint density at radius 2 is 1.58 bits per heavy atom. The number of hydrogen-bond acceptors (Lipinski definition) is 5. The van der Waals surface area contributed by atoms with Crippen molar-refractivity contribution in [2.75, 3.05) is 40.6 Å². The molecule has 0 unspecified atom stereocenters. The molecule has 5 nitrogen and oxygen atoms in total. The van der Waals surface area contributed by atoms with Gasteiger partial charge in [0.15, 0.2) is 0 Å². The first-order chi connectivity index (χ1) is 5.81. The van der Waals surface area contributed by atoms with E-state index in [1.807, 2.05) is 0 Å². The highest BCUT2D eigenvalue weighted by Gasteiger charge is 2.09. The van der Waals surface area contributed by atoms with Crippen LogP contribution in [-0.2, 0) is 18.9 Å². The van der Waals surface area contributed by atoms with E-state index in [1.165, 1.54) is 0 Å². The first-order valence-corrected chi connectivity index (χ1v) is 3.58. The number of methoxy groups -OCH3 is 2. The van der Waals surface area contributed by atoms with E-state index in [9.17, 15) is 4.79 Å². The highest BCUT2D eigenvalue weighted by Crippen LogP contribution is 1.92. The third kappa shape index (κ3) is 7.30. The molecule has 0 saturated carbocycles. The van der Waals surface area contributed by atoms with Crippen molar-refractivity contribution in [2.45, 2.75) is 0 Å². The first-order valence-electron chi connectivity index (χ1n) is 3.58.